The quantitative estimate of drug-likeness (QED) is 0.436. The largest absolute Gasteiger partial charge is 0.673 e. The van der Waals surface area contributed by atoms with Gasteiger partial charge in [0.15, 0.2) is 0 Å². The molecular weight excluding hydrogens is 271 g/mol. The van der Waals surface area contributed by atoms with Gasteiger partial charge in [0.2, 0.25) is 6.34 Å². The Hall–Kier alpha value is -1.53. The molecule has 1 aromatic rings. The molecule has 1 aliphatic rings. The summed E-state index contributed by atoms with van der Waals surface area (Å²) in [5.74, 6) is 0. The van der Waals surface area contributed by atoms with E-state index < -0.39 is 7.25 Å². The minimum Gasteiger partial charge on any atom is -0.418 e. The number of hydrogen-bond acceptors (Lipinski definition) is 1. The molecule has 0 fully saturated rings. The highest BCUT2D eigenvalue weighted by atomic mass is 19.5. The second-order valence-corrected chi connectivity index (χ2v) is 5.03. The fourth-order valence-electron chi connectivity index (χ4n) is 2.41. The molecule has 0 aromatic heterocycles. The summed E-state index contributed by atoms with van der Waals surface area (Å²) in [5.41, 5.74) is 5.48. The number of anilines is 1. The van der Waals surface area contributed by atoms with Gasteiger partial charge in [-0.05, 0) is 31.9 Å². The molecule has 2 nitrogen and oxygen atoms in total. The first-order valence-corrected chi connectivity index (χ1v) is 6.35. The highest BCUT2D eigenvalue weighted by molar-refractivity contribution is 6.50. The molecule has 0 N–H and O–H groups in total. The van der Waals surface area contributed by atoms with E-state index in [1.165, 1.54) is 22.4 Å². The van der Waals surface area contributed by atoms with Gasteiger partial charge >= 0.3 is 7.25 Å². The van der Waals surface area contributed by atoms with Gasteiger partial charge in [-0.25, -0.2) is 4.90 Å². The molecular formula is C13H19BF4N2. The van der Waals surface area contributed by atoms with E-state index in [1.807, 2.05) is 0 Å². The first-order valence-electron chi connectivity index (χ1n) is 6.35. The molecule has 1 aromatic carbocycles. The van der Waals surface area contributed by atoms with Crippen LogP contribution in [0, 0.1) is 20.8 Å². The number of benzene rings is 1. The Bertz CT molecular complexity index is 483. The molecule has 0 bridgehead atoms. The minimum atomic E-state index is -6.00. The average molecular weight is 290 g/mol. The zero-order chi connectivity index (χ0) is 15.5. The van der Waals surface area contributed by atoms with E-state index in [0.29, 0.717) is 0 Å². The molecule has 0 radical (unpaired) electrons. The lowest BCUT2D eigenvalue weighted by molar-refractivity contribution is -0.481. The summed E-state index contributed by atoms with van der Waals surface area (Å²) in [6.07, 6.45) is 2.20. The van der Waals surface area contributed by atoms with Gasteiger partial charge in [-0.2, -0.15) is 0 Å². The Morgan fingerprint density at radius 2 is 1.50 bits per heavy atom. The van der Waals surface area contributed by atoms with Gasteiger partial charge in [-0.1, -0.05) is 17.7 Å². The number of nitrogens with zero attached hydrogens (tertiary/aromatic N) is 2. The molecule has 0 saturated heterocycles. The summed E-state index contributed by atoms with van der Waals surface area (Å²) >= 11 is 0. The van der Waals surface area contributed by atoms with Crippen LogP contribution in [-0.4, -0.2) is 38.3 Å². The molecule has 20 heavy (non-hydrogen) atoms. The number of halogens is 4. The zero-order valence-corrected chi connectivity index (χ0v) is 12.1. The summed E-state index contributed by atoms with van der Waals surface area (Å²) in [7, 11) is -3.88. The van der Waals surface area contributed by atoms with Crippen molar-refractivity contribution in [3.63, 3.8) is 0 Å². The van der Waals surface area contributed by atoms with Gasteiger partial charge in [0, 0.05) is 0 Å². The predicted molar refractivity (Wildman–Crippen MR) is 75.3 cm³/mol. The SMILES string of the molecule is Cc1cc(C)c(N2C=[N+](C)CC2)c(C)c1.F[B-](F)(F)F. The summed E-state index contributed by atoms with van der Waals surface area (Å²) in [6.45, 7) is 8.76. The van der Waals surface area contributed by atoms with Gasteiger partial charge in [0.1, 0.15) is 18.8 Å². The normalized spacial score (nSPS) is 14.8. The highest BCUT2D eigenvalue weighted by Crippen LogP contribution is 2.26. The second-order valence-electron chi connectivity index (χ2n) is 5.03. The van der Waals surface area contributed by atoms with Crippen LogP contribution in [0.1, 0.15) is 16.7 Å². The van der Waals surface area contributed by atoms with Crippen molar-refractivity contribution < 1.29 is 21.8 Å². The van der Waals surface area contributed by atoms with Crippen LogP contribution >= 0.6 is 0 Å². The smallest absolute Gasteiger partial charge is 0.418 e. The van der Waals surface area contributed by atoms with Gasteiger partial charge in [-0.15, -0.1) is 0 Å². The van der Waals surface area contributed by atoms with E-state index in [4.69, 9.17) is 0 Å². The van der Waals surface area contributed by atoms with Gasteiger partial charge in [0.05, 0.1) is 7.05 Å². The van der Waals surface area contributed by atoms with Crippen LogP contribution in [0.5, 0.6) is 0 Å². The maximum Gasteiger partial charge on any atom is 0.673 e. The fraction of sp³-hybridized carbons (Fsp3) is 0.462. The fourth-order valence-corrected chi connectivity index (χ4v) is 2.41. The van der Waals surface area contributed by atoms with Crippen LogP contribution in [0.3, 0.4) is 0 Å². The Morgan fingerprint density at radius 1 is 1.05 bits per heavy atom. The molecule has 1 heterocycles. The second kappa shape index (κ2) is 6.28. The summed E-state index contributed by atoms with van der Waals surface area (Å²) in [5, 5.41) is 0. The van der Waals surface area contributed by atoms with E-state index in [2.05, 4.69) is 55.8 Å². The maximum atomic E-state index is 9.75. The van der Waals surface area contributed by atoms with E-state index in [1.54, 1.807) is 0 Å². The first-order chi connectivity index (χ1) is 9.08. The Labute approximate surface area is 116 Å². The third-order valence-electron chi connectivity index (χ3n) is 2.95. The third-order valence-corrected chi connectivity index (χ3v) is 2.95. The van der Waals surface area contributed by atoms with Crippen molar-refractivity contribution in [2.75, 3.05) is 25.0 Å². The molecule has 1 aliphatic heterocycles. The number of aryl methyl sites for hydroxylation is 3. The molecule has 0 amide bonds. The molecule has 0 spiro atoms. The number of likely N-dealkylation sites (N-methyl/N-ethyl adjacent to an activating group) is 1. The average Bonchev–Trinajstić information content (AvgIpc) is 2.60. The van der Waals surface area contributed by atoms with Crippen LogP contribution in [0.4, 0.5) is 23.0 Å². The Kier molecular flexibility index (Phi) is 5.19. The Morgan fingerprint density at radius 3 is 1.85 bits per heavy atom. The predicted octanol–water partition coefficient (Wildman–Crippen LogP) is 3.40. The molecule has 112 valence electrons. The van der Waals surface area contributed by atoms with Crippen molar-refractivity contribution in [3.8, 4) is 0 Å². The van der Waals surface area contributed by atoms with Crippen LogP contribution in [0.15, 0.2) is 12.1 Å². The van der Waals surface area contributed by atoms with Crippen molar-refractivity contribution in [2.45, 2.75) is 20.8 Å². The van der Waals surface area contributed by atoms with Crippen molar-refractivity contribution >= 4 is 19.3 Å². The van der Waals surface area contributed by atoms with E-state index in [9.17, 15) is 17.3 Å². The molecule has 0 unspecified atom stereocenters. The van der Waals surface area contributed by atoms with Crippen LogP contribution in [0.25, 0.3) is 0 Å². The zero-order valence-electron chi connectivity index (χ0n) is 12.1. The maximum absolute atomic E-state index is 9.75. The third kappa shape index (κ3) is 5.23. The highest BCUT2D eigenvalue weighted by Gasteiger charge is 2.22. The van der Waals surface area contributed by atoms with Crippen LogP contribution < -0.4 is 4.90 Å². The molecule has 2 rings (SSSR count). The van der Waals surface area contributed by atoms with Gasteiger partial charge < -0.3 is 17.3 Å². The van der Waals surface area contributed by atoms with Gasteiger partial charge in [0.25, 0.3) is 0 Å². The lowest BCUT2D eigenvalue weighted by atomic mass is 10.0. The van der Waals surface area contributed by atoms with Gasteiger partial charge in [-0.3, -0.25) is 4.58 Å². The van der Waals surface area contributed by atoms with Crippen molar-refractivity contribution in [3.05, 3.63) is 28.8 Å². The minimum absolute atomic E-state index is 1.10. The number of rotatable bonds is 1. The van der Waals surface area contributed by atoms with E-state index in [0.717, 1.165) is 13.1 Å². The lowest BCUT2D eigenvalue weighted by Crippen LogP contribution is -2.20. The standard InChI is InChI=1S/C13H19N2.BF4/c1-10-7-11(2)13(12(3)8-10)15-6-5-14(4)9-15;2-1(3,4)5/h7-9H,5-6H2,1-4H3;/q+1;-1. The topological polar surface area (TPSA) is 6.25 Å². The molecule has 7 heteroatoms. The lowest BCUT2D eigenvalue weighted by Gasteiger charge is -2.13. The Balaban J connectivity index is 0.000000347. The summed E-state index contributed by atoms with van der Waals surface area (Å²) < 4.78 is 41.2. The van der Waals surface area contributed by atoms with Crippen molar-refractivity contribution in [1.29, 1.82) is 0 Å². The van der Waals surface area contributed by atoms with Crippen LogP contribution in [-0.2, 0) is 0 Å². The van der Waals surface area contributed by atoms with E-state index in [-0.39, 0.29) is 0 Å². The van der Waals surface area contributed by atoms with Crippen molar-refractivity contribution in [1.82, 2.24) is 0 Å². The van der Waals surface area contributed by atoms with Crippen LogP contribution in [0.2, 0.25) is 0 Å². The molecule has 0 aliphatic carbocycles. The monoisotopic (exact) mass is 290 g/mol. The first kappa shape index (κ1) is 16.5. The molecule has 0 atom stereocenters. The van der Waals surface area contributed by atoms with E-state index >= 15 is 0 Å². The summed E-state index contributed by atoms with van der Waals surface area (Å²) in [6, 6.07) is 4.52. The summed E-state index contributed by atoms with van der Waals surface area (Å²) in [4.78, 5) is 2.35. The molecule has 0 saturated carbocycles. The number of hydrogen-bond donors (Lipinski definition) is 0. The van der Waals surface area contributed by atoms with Crippen molar-refractivity contribution in [2.24, 2.45) is 0 Å².